The Morgan fingerprint density at radius 3 is 3.17 bits per heavy atom. The van der Waals surface area contributed by atoms with Crippen LogP contribution in [0, 0.1) is 6.92 Å². The minimum atomic E-state index is 0.312. The van der Waals surface area contributed by atoms with Crippen molar-refractivity contribution in [3.63, 3.8) is 0 Å². The molecule has 0 unspecified atom stereocenters. The summed E-state index contributed by atoms with van der Waals surface area (Å²) in [5, 5.41) is 12.5. The highest BCUT2D eigenvalue weighted by molar-refractivity contribution is 5.62. The van der Waals surface area contributed by atoms with Crippen LogP contribution in [0.4, 0.5) is 5.69 Å². The molecule has 1 aromatic rings. The first-order valence-electron chi connectivity index (χ1n) is 3.97. The van der Waals surface area contributed by atoms with Crippen LogP contribution in [0.3, 0.4) is 0 Å². The van der Waals surface area contributed by atoms with E-state index in [1.807, 2.05) is 13.0 Å². The van der Waals surface area contributed by atoms with E-state index in [0.29, 0.717) is 12.4 Å². The van der Waals surface area contributed by atoms with Gasteiger partial charge in [0.1, 0.15) is 18.1 Å². The fourth-order valence-electron chi connectivity index (χ4n) is 1.27. The number of rotatable bonds is 0. The van der Waals surface area contributed by atoms with Gasteiger partial charge in [-0.15, -0.1) is 0 Å². The molecule has 1 heterocycles. The van der Waals surface area contributed by atoms with Gasteiger partial charge in [-0.3, -0.25) is 0 Å². The van der Waals surface area contributed by atoms with E-state index in [-0.39, 0.29) is 0 Å². The second-order valence-electron chi connectivity index (χ2n) is 2.91. The minimum absolute atomic E-state index is 0.312. The third-order valence-corrected chi connectivity index (χ3v) is 1.97. The van der Waals surface area contributed by atoms with Crippen molar-refractivity contribution >= 4 is 5.69 Å². The highest BCUT2D eigenvalue weighted by Crippen LogP contribution is 2.33. The lowest BCUT2D eigenvalue weighted by Gasteiger charge is -2.19. The van der Waals surface area contributed by atoms with E-state index in [2.05, 4.69) is 5.32 Å². The summed E-state index contributed by atoms with van der Waals surface area (Å²) in [6.07, 6.45) is 0. The number of anilines is 1. The molecule has 0 atom stereocenters. The SMILES string of the molecule is Cc1cc2c(cc1O)NCCO2. The molecule has 2 rings (SSSR count). The number of hydrogen-bond donors (Lipinski definition) is 2. The van der Waals surface area contributed by atoms with Crippen molar-refractivity contribution in [1.29, 1.82) is 0 Å². The molecular formula is C9H11NO2. The number of aromatic hydroxyl groups is 1. The monoisotopic (exact) mass is 165 g/mol. The van der Waals surface area contributed by atoms with Gasteiger partial charge in [-0.25, -0.2) is 0 Å². The van der Waals surface area contributed by atoms with E-state index < -0.39 is 0 Å². The van der Waals surface area contributed by atoms with Crippen LogP contribution in [0.1, 0.15) is 5.56 Å². The third kappa shape index (κ3) is 1.07. The Kier molecular flexibility index (Phi) is 1.57. The zero-order chi connectivity index (χ0) is 8.55. The van der Waals surface area contributed by atoms with Crippen LogP contribution in [0.5, 0.6) is 11.5 Å². The average molecular weight is 165 g/mol. The van der Waals surface area contributed by atoms with Gasteiger partial charge in [0.2, 0.25) is 0 Å². The maximum atomic E-state index is 9.38. The molecule has 0 aromatic heterocycles. The molecular weight excluding hydrogens is 154 g/mol. The highest BCUT2D eigenvalue weighted by atomic mass is 16.5. The van der Waals surface area contributed by atoms with Crippen molar-refractivity contribution in [2.45, 2.75) is 6.92 Å². The average Bonchev–Trinajstić information content (AvgIpc) is 2.07. The predicted molar refractivity (Wildman–Crippen MR) is 46.8 cm³/mol. The van der Waals surface area contributed by atoms with Crippen LogP contribution in [0.25, 0.3) is 0 Å². The maximum Gasteiger partial charge on any atom is 0.143 e. The lowest BCUT2D eigenvalue weighted by Crippen LogP contribution is -2.17. The third-order valence-electron chi connectivity index (χ3n) is 1.97. The number of phenolic OH excluding ortho intramolecular Hbond substituents is 1. The minimum Gasteiger partial charge on any atom is -0.508 e. The molecule has 64 valence electrons. The lowest BCUT2D eigenvalue weighted by atomic mass is 10.1. The standard InChI is InChI=1S/C9H11NO2/c1-6-4-9-7(5-8(6)11)10-2-3-12-9/h4-5,10-11H,2-3H2,1H3. The largest absolute Gasteiger partial charge is 0.508 e. The predicted octanol–water partition coefficient (Wildman–Crippen LogP) is 1.50. The molecule has 1 aromatic carbocycles. The van der Waals surface area contributed by atoms with Gasteiger partial charge >= 0.3 is 0 Å². The van der Waals surface area contributed by atoms with Crippen LogP contribution in [-0.4, -0.2) is 18.3 Å². The van der Waals surface area contributed by atoms with Crippen LogP contribution >= 0.6 is 0 Å². The van der Waals surface area contributed by atoms with E-state index in [0.717, 1.165) is 23.5 Å². The molecule has 2 N–H and O–H groups in total. The Morgan fingerprint density at radius 1 is 1.50 bits per heavy atom. The highest BCUT2D eigenvalue weighted by Gasteiger charge is 2.11. The summed E-state index contributed by atoms with van der Waals surface area (Å²) in [5.74, 6) is 1.14. The summed E-state index contributed by atoms with van der Waals surface area (Å²) < 4.78 is 5.39. The molecule has 0 saturated heterocycles. The van der Waals surface area contributed by atoms with Gasteiger partial charge in [0.15, 0.2) is 0 Å². The zero-order valence-corrected chi connectivity index (χ0v) is 6.92. The summed E-state index contributed by atoms with van der Waals surface area (Å²) in [6.45, 7) is 3.35. The first-order valence-corrected chi connectivity index (χ1v) is 3.97. The molecule has 0 saturated carbocycles. The molecule has 3 nitrogen and oxygen atoms in total. The Hall–Kier alpha value is -1.38. The van der Waals surface area contributed by atoms with Crippen molar-refractivity contribution in [2.75, 3.05) is 18.5 Å². The molecule has 1 aliphatic rings. The first-order chi connectivity index (χ1) is 5.77. The number of nitrogens with one attached hydrogen (secondary N) is 1. The molecule has 12 heavy (non-hydrogen) atoms. The van der Waals surface area contributed by atoms with Gasteiger partial charge < -0.3 is 15.2 Å². The van der Waals surface area contributed by atoms with E-state index in [1.165, 1.54) is 0 Å². The number of ether oxygens (including phenoxy) is 1. The van der Waals surface area contributed by atoms with Crippen molar-refractivity contribution < 1.29 is 9.84 Å². The second kappa shape index (κ2) is 2.59. The van der Waals surface area contributed by atoms with E-state index in [4.69, 9.17) is 4.74 Å². The van der Waals surface area contributed by atoms with Crippen molar-refractivity contribution in [2.24, 2.45) is 0 Å². The van der Waals surface area contributed by atoms with Crippen LogP contribution in [0.15, 0.2) is 12.1 Å². The maximum absolute atomic E-state index is 9.38. The van der Waals surface area contributed by atoms with E-state index >= 15 is 0 Å². The molecule has 0 bridgehead atoms. The summed E-state index contributed by atoms with van der Waals surface area (Å²) in [4.78, 5) is 0. The molecule has 0 spiro atoms. The van der Waals surface area contributed by atoms with Gasteiger partial charge in [-0.2, -0.15) is 0 Å². The van der Waals surface area contributed by atoms with Crippen LogP contribution < -0.4 is 10.1 Å². The fraction of sp³-hybridized carbons (Fsp3) is 0.333. The number of fused-ring (bicyclic) bond motifs is 1. The normalized spacial score (nSPS) is 14.4. The number of hydrogen-bond acceptors (Lipinski definition) is 3. The first kappa shape index (κ1) is 7.28. The number of phenols is 1. The van der Waals surface area contributed by atoms with Crippen molar-refractivity contribution in [3.05, 3.63) is 17.7 Å². The van der Waals surface area contributed by atoms with Crippen molar-refractivity contribution in [1.82, 2.24) is 0 Å². The number of aryl methyl sites for hydroxylation is 1. The summed E-state index contributed by atoms with van der Waals surface area (Å²) in [5.41, 5.74) is 1.72. The fourth-order valence-corrected chi connectivity index (χ4v) is 1.27. The molecule has 0 aliphatic carbocycles. The smallest absolute Gasteiger partial charge is 0.143 e. The van der Waals surface area contributed by atoms with Gasteiger partial charge in [0, 0.05) is 12.6 Å². The van der Waals surface area contributed by atoms with Crippen molar-refractivity contribution in [3.8, 4) is 11.5 Å². The lowest BCUT2D eigenvalue weighted by molar-refractivity contribution is 0.322. The molecule has 1 aliphatic heterocycles. The van der Waals surface area contributed by atoms with E-state index in [9.17, 15) is 5.11 Å². The summed E-state index contributed by atoms with van der Waals surface area (Å²) >= 11 is 0. The zero-order valence-electron chi connectivity index (χ0n) is 6.92. The second-order valence-corrected chi connectivity index (χ2v) is 2.91. The van der Waals surface area contributed by atoms with Gasteiger partial charge in [0.05, 0.1) is 5.69 Å². The molecule has 0 amide bonds. The molecule has 0 radical (unpaired) electrons. The van der Waals surface area contributed by atoms with Crippen LogP contribution in [-0.2, 0) is 0 Å². The summed E-state index contributed by atoms with van der Waals surface area (Å²) in [7, 11) is 0. The quantitative estimate of drug-likeness (QED) is 0.612. The molecule has 0 fully saturated rings. The molecule has 3 heteroatoms. The van der Waals surface area contributed by atoms with E-state index in [1.54, 1.807) is 6.07 Å². The van der Waals surface area contributed by atoms with Crippen LogP contribution in [0.2, 0.25) is 0 Å². The summed E-state index contributed by atoms with van der Waals surface area (Å²) in [6, 6.07) is 3.54. The Morgan fingerprint density at radius 2 is 2.33 bits per heavy atom. The Labute approximate surface area is 71.0 Å². The number of benzene rings is 1. The topological polar surface area (TPSA) is 41.5 Å². The van der Waals surface area contributed by atoms with Gasteiger partial charge in [-0.05, 0) is 18.6 Å². The van der Waals surface area contributed by atoms with Gasteiger partial charge in [0.25, 0.3) is 0 Å². The Bertz CT molecular complexity index is 279. The Balaban J connectivity index is 2.49. The van der Waals surface area contributed by atoms with Gasteiger partial charge in [-0.1, -0.05) is 0 Å².